The highest BCUT2D eigenvalue weighted by molar-refractivity contribution is 5.59. The minimum atomic E-state index is 0.550. The van der Waals surface area contributed by atoms with Gasteiger partial charge in [0, 0.05) is 17.6 Å². The Morgan fingerprint density at radius 2 is 2.10 bits per heavy atom. The molecule has 2 unspecified atom stereocenters. The molecule has 4 heteroatoms. The van der Waals surface area contributed by atoms with Crippen molar-refractivity contribution in [3.8, 4) is 11.3 Å². The largest absolute Gasteiger partial charge is 0.472 e. The van der Waals surface area contributed by atoms with Crippen LogP contribution in [0, 0.1) is 5.92 Å². The van der Waals surface area contributed by atoms with Gasteiger partial charge >= 0.3 is 0 Å². The number of rotatable bonds is 3. The van der Waals surface area contributed by atoms with Gasteiger partial charge in [0.25, 0.3) is 0 Å². The SMILES string of the molecule is CC1C(Nc2ccc(-c3ccoc3)nc2)C2CCN1CC2. The molecule has 110 valence electrons. The second-order valence-electron chi connectivity index (χ2n) is 6.23. The summed E-state index contributed by atoms with van der Waals surface area (Å²) in [5, 5.41) is 3.71. The first-order chi connectivity index (χ1) is 10.3. The first-order valence-corrected chi connectivity index (χ1v) is 7.80. The molecule has 21 heavy (non-hydrogen) atoms. The van der Waals surface area contributed by atoms with Crippen LogP contribution in [0.4, 0.5) is 5.69 Å². The van der Waals surface area contributed by atoms with Crippen molar-refractivity contribution < 1.29 is 4.42 Å². The van der Waals surface area contributed by atoms with Crippen LogP contribution in [0.5, 0.6) is 0 Å². The molecule has 2 bridgehead atoms. The molecular formula is C17H21N3O. The third kappa shape index (κ3) is 2.33. The normalized spacial score (nSPS) is 31.3. The first-order valence-electron chi connectivity index (χ1n) is 7.80. The summed E-state index contributed by atoms with van der Waals surface area (Å²) in [7, 11) is 0. The van der Waals surface area contributed by atoms with Gasteiger partial charge < -0.3 is 9.73 Å². The fourth-order valence-corrected chi connectivity index (χ4v) is 3.80. The Hall–Kier alpha value is -1.81. The van der Waals surface area contributed by atoms with Crippen LogP contribution in [0.15, 0.2) is 41.3 Å². The smallest absolute Gasteiger partial charge is 0.0996 e. The Bertz CT molecular complexity index is 583. The number of anilines is 1. The van der Waals surface area contributed by atoms with E-state index in [9.17, 15) is 0 Å². The van der Waals surface area contributed by atoms with Gasteiger partial charge in [-0.2, -0.15) is 0 Å². The predicted molar refractivity (Wildman–Crippen MR) is 83.1 cm³/mol. The zero-order valence-corrected chi connectivity index (χ0v) is 12.3. The number of nitrogens with one attached hydrogen (secondary N) is 1. The van der Waals surface area contributed by atoms with E-state index in [1.807, 2.05) is 12.3 Å². The van der Waals surface area contributed by atoms with Crippen molar-refractivity contribution >= 4 is 5.69 Å². The summed E-state index contributed by atoms with van der Waals surface area (Å²) in [6.07, 6.45) is 7.99. The number of nitrogens with zero attached hydrogens (tertiary/aromatic N) is 2. The van der Waals surface area contributed by atoms with Crippen molar-refractivity contribution in [2.45, 2.75) is 31.8 Å². The summed E-state index contributed by atoms with van der Waals surface area (Å²) in [6, 6.07) is 7.28. The van der Waals surface area contributed by atoms with E-state index in [2.05, 4.69) is 34.3 Å². The van der Waals surface area contributed by atoms with Crippen molar-refractivity contribution in [2.24, 2.45) is 5.92 Å². The second kappa shape index (κ2) is 5.19. The van der Waals surface area contributed by atoms with Gasteiger partial charge in [0.1, 0.15) is 0 Å². The lowest BCUT2D eigenvalue weighted by Gasteiger charge is -2.50. The van der Waals surface area contributed by atoms with Gasteiger partial charge in [0.05, 0.1) is 30.1 Å². The standard InChI is InChI=1S/C17H21N3O/c1-12-17(13-4-7-20(12)8-5-13)19-15-2-3-16(18-10-15)14-6-9-21-11-14/h2-3,6,9-13,17,19H,4-5,7-8H2,1H3. The second-order valence-corrected chi connectivity index (χ2v) is 6.23. The molecule has 0 spiro atoms. The lowest BCUT2D eigenvalue weighted by Crippen LogP contribution is -2.59. The van der Waals surface area contributed by atoms with Gasteiger partial charge in [-0.25, -0.2) is 0 Å². The molecule has 0 radical (unpaired) electrons. The summed E-state index contributed by atoms with van der Waals surface area (Å²) >= 11 is 0. The molecule has 3 saturated heterocycles. The zero-order chi connectivity index (χ0) is 14.2. The van der Waals surface area contributed by atoms with Crippen molar-refractivity contribution in [3.63, 3.8) is 0 Å². The minimum Gasteiger partial charge on any atom is -0.472 e. The first kappa shape index (κ1) is 12.9. The molecular weight excluding hydrogens is 262 g/mol. The van der Waals surface area contributed by atoms with Gasteiger partial charge in [-0.3, -0.25) is 9.88 Å². The van der Waals surface area contributed by atoms with Crippen molar-refractivity contribution in [1.29, 1.82) is 0 Å². The van der Waals surface area contributed by atoms with E-state index in [0.717, 1.165) is 22.9 Å². The van der Waals surface area contributed by atoms with E-state index in [-0.39, 0.29) is 0 Å². The average molecular weight is 283 g/mol. The minimum absolute atomic E-state index is 0.550. The molecule has 0 aromatic carbocycles. The number of pyridine rings is 1. The Morgan fingerprint density at radius 1 is 1.24 bits per heavy atom. The zero-order valence-electron chi connectivity index (χ0n) is 12.3. The molecule has 0 amide bonds. The lowest BCUT2D eigenvalue weighted by molar-refractivity contribution is 0.0458. The van der Waals surface area contributed by atoms with E-state index >= 15 is 0 Å². The van der Waals surface area contributed by atoms with Crippen molar-refractivity contribution in [3.05, 3.63) is 36.9 Å². The number of aromatic nitrogens is 1. The highest BCUT2D eigenvalue weighted by Gasteiger charge is 2.39. The summed E-state index contributed by atoms with van der Waals surface area (Å²) in [6.45, 7) is 4.87. The molecule has 4 nitrogen and oxygen atoms in total. The number of hydrogen-bond donors (Lipinski definition) is 1. The van der Waals surface area contributed by atoms with Gasteiger partial charge in [-0.05, 0) is 57.0 Å². The maximum atomic E-state index is 5.11. The van der Waals surface area contributed by atoms with Crippen LogP contribution in [0.2, 0.25) is 0 Å². The fourth-order valence-electron chi connectivity index (χ4n) is 3.80. The van der Waals surface area contributed by atoms with Gasteiger partial charge in [0.2, 0.25) is 0 Å². The third-order valence-corrected chi connectivity index (χ3v) is 5.09. The molecule has 3 aliphatic rings. The number of piperidine rings is 3. The van der Waals surface area contributed by atoms with E-state index in [1.165, 1.54) is 25.9 Å². The molecule has 0 aliphatic carbocycles. The quantitative estimate of drug-likeness (QED) is 0.939. The molecule has 2 atom stereocenters. The van der Waals surface area contributed by atoms with E-state index in [4.69, 9.17) is 4.42 Å². The van der Waals surface area contributed by atoms with Crippen LogP contribution >= 0.6 is 0 Å². The van der Waals surface area contributed by atoms with Crippen molar-refractivity contribution in [2.75, 3.05) is 18.4 Å². The number of furan rings is 1. The summed E-state index contributed by atoms with van der Waals surface area (Å²) in [5.74, 6) is 0.804. The van der Waals surface area contributed by atoms with Crippen LogP contribution in [-0.2, 0) is 0 Å². The maximum absolute atomic E-state index is 5.11. The summed E-state index contributed by atoms with van der Waals surface area (Å²) in [5.41, 5.74) is 3.10. The van der Waals surface area contributed by atoms with Crippen molar-refractivity contribution in [1.82, 2.24) is 9.88 Å². The lowest BCUT2D eigenvalue weighted by atomic mass is 9.79. The third-order valence-electron chi connectivity index (χ3n) is 5.09. The Balaban J connectivity index is 1.50. The van der Waals surface area contributed by atoms with Gasteiger partial charge in [-0.15, -0.1) is 0 Å². The number of fused-ring (bicyclic) bond motifs is 3. The Morgan fingerprint density at radius 3 is 2.71 bits per heavy atom. The molecule has 2 aromatic rings. The van der Waals surface area contributed by atoms with Crippen LogP contribution in [0.3, 0.4) is 0 Å². The van der Waals surface area contributed by atoms with Crippen LogP contribution in [-0.4, -0.2) is 35.1 Å². The molecule has 3 aliphatic heterocycles. The monoisotopic (exact) mass is 283 g/mol. The number of hydrogen-bond acceptors (Lipinski definition) is 4. The summed E-state index contributed by atoms with van der Waals surface area (Å²) in [4.78, 5) is 7.14. The van der Waals surface area contributed by atoms with Crippen LogP contribution < -0.4 is 5.32 Å². The van der Waals surface area contributed by atoms with E-state index < -0.39 is 0 Å². The van der Waals surface area contributed by atoms with E-state index in [0.29, 0.717) is 12.1 Å². The van der Waals surface area contributed by atoms with Crippen LogP contribution in [0.25, 0.3) is 11.3 Å². The van der Waals surface area contributed by atoms with E-state index in [1.54, 1.807) is 12.5 Å². The molecule has 0 saturated carbocycles. The molecule has 5 rings (SSSR count). The average Bonchev–Trinajstić information content (AvgIpc) is 3.06. The molecule has 5 heterocycles. The Labute approximate surface area is 125 Å². The fraction of sp³-hybridized carbons (Fsp3) is 0.471. The highest BCUT2D eigenvalue weighted by atomic mass is 16.3. The topological polar surface area (TPSA) is 41.3 Å². The molecule has 3 fully saturated rings. The highest BCUT2D eigenvalue weighted by Crippen LogP contribution is 2.34. The maximum Gasteiger partial charge on any atom is 0.0996 e. The Kier molecular flexibility index (Phi) is 3.19. The summed E-state index contributed by atoms with van der Waals surface area (Å²) < 4.78 is 5.11. The van der Waals surface area contributed by atoms with Gasteiger partial charge in [0.15, 0.2) is 0 Å². The molecule has 1 N–H and O–H groups in total. The van der Waals surface area contributed by atoms with Crippen LogP contribution in [0.1, 0.15) is 19.8 Å². The molecule has 2 aromatic heterocycles. The van der Waals surface area contributed by atoms with Gasteiger partial charge in [-0.1, -0.05) is 0 Å². The predicted octanol–water partition coefficient (Wildman–Crippen LogP) is 3.24.